The van der Waals surface area contributed by atoms with Gasteiger partial charge in [-0.2, -0.15) is 0 Å². The van der Waals surface area contributed by atoms with Gasteiger partial charge in [-0.3, -0.25) is 4.79 Å². The molecule has 2 aromatic rings. The zero-order chi connectivity index (χ0) is 15.4. The second-order valence-corrected chi connectivity index (χ2v) is 5.49. The van der Waals surface area contributed by atoms with Gasteiger partial charge in [0.05, 0.1) is 27.2 Å². The number of carbonyl (C=O) groups is 2. The van der Waals surface area contributed by atoms with Crippen LogP contribution in [0.2, 0.25) is 5.02 Å². The number of amides is 1. The molecule has 108 valence electrons. The smallest absolute Gasteiger partial charge is 0.335 e. The number of carboxylic acid groups (broad SMARTS) is 1. The molecule has 4 nitrogen and oxygen atoms in total. The third-order valence-corrected chi connectivity index (χ3v) is 4.22. The van der Waals surface area contributed by atoms with E-state index in [1.54, 1.807) is 36.4 Å². The van der Waals surface area contributed by atoms with E-state index in [4.69, 9.17) is 16.7 Å². The van der Waals surface area contributed by atoms with E-state index in [1.807, 2.05) is 0 Å². The first kappa shape index (κ1) is 15.5. The third-order valence-electron chi connectivity index (χ3n) is 2.82. The lowest BCUT2D eigenvalue weighted by Gasteiger charge is -2.09. The number of carboxylic acids is 1. The van der Waals surface area contributed by atoms with Crippen LogP contribution in [0, 0.1) is 0 Å². The number of hydrogen-bond acceptors (Lipinski definition) is 2. The van der Waals surface area contributed by atoms with Crippen LogP contribution in [0.3, 0.4) is 0 Å². The van der Waals surface area contributed by atoms with E-state index < -0.39 is 5.97 Å². The number of anilines is 1. The molecular formula is C15H11BrClNO3. The molecule has 0 aliphatic carbocycles. The maximum Gasteiger partial charge on any atom is 0.335 e. The van der Waals surface area contributed by atoms with Gasteiger partial charge in [0.15, 0.2) is 0 Å². The van der Waals surface area contributed by atoms with Crippen LogP contribution in [0.1, 0.15) is 15.9 Å². The largest absolute Gasteiger partial charge is 0.478 e. The lowest BCUT2D eigenvalue weighted by Crippen LogP contribution is -2.16. The Morgan fingerprint density at radius 2 is 1.86 bits per heavy atom. The average Bonchev–Trinajstić information content (AvgIpc) is 2.44. The van der Waals surface area contributed by atoms with E-state index in [1.165, 1.54) is 6.07 Å². The van der Waals surface area contributed by atoms with Gasteiger partial charge in [0.25, 0.3) is 0 Å². The van der Waals surface area contributed by atoms with Crippen molar-refractivity contribution in [2.24, 2.45) is 0 Å². The van der Waals surface area contributed by atoms with Crippen molar-refractivity contribution in [3.8, 4) is 0 Å². The first-order valence-corrected chi connectivity index (χ1v) is 7.21. The fraction of sp³-hybridized carbons (Fsp3) is 0.0667. The van der Waals surface area contributed by atoms with Crippen LogP contribution in [-0.2, 0) is 11.2 Å². The molecule has 21 heavy (non-hydrogen) atoms. The highest BCUT2D eigenvalue weighted by atomic mass is 79.9. The molecule has 2 rings (SSSR count). The van der Waals surface area contributed by atoms with Crippen molar-refractivity contribution >= 4 is 45.1 Å². The molecule has 2 aromatic carbocycles. The van der Waals surface area contributed by atoms with Crippen molar-refractivity contribution in [3.63, 3.8) is 0 Å². The minimum Gasteiger partial charge on any atom is -0.478 e. The maximum atomic E-state index is 12.1. The number of halogens is 2. The Morgan fingerprint density at radius 3 is 2.57 bits per heavy atom. The summed E-state index contributed by atoms with van der Waals surface area (Å²) in [5.41, 5.74) is 1.12. The fourth-order valence-electron chi connectivity index (χ4n) is 1.85. The molecule has 6 heteroatoms. The predicted molar refractivity (Wildman–Crippen MR) is 84.9 cm³/mol. The lowest BCUT2D eigenvalue weighted by molar-refractivity contribution is -0.115. The molecule has 0 heterocycles. The Hall–Kier alpha value is -1.85. The van der Waals surface area contributed by atoms with E-state index >= 15 is 0 Å². The molecule has 0 bridgehead atoms. The molecule has 0 atom stereocenters. The molecular weight excluding hydrogens is 358 g/mol. The molecule has 0 aliphatic rings. The van der Waals surface area contributed by atoms with Crippen LogP contribution in [0.15, 0.2) is 46.9 Å². The number of carbonyl (C=O) groups excluding carboxylic acids is 1. The Balaban J connectivity index is 2.16. The van der Waals surface area contributed by atoms with E-state index in [0.717, 1.165) is 0 Å². The van der Waals surface area contributed by atoms with Crippen molar-refractivity contribution in [1.82, 2.24) is 0 Å². The number of benzene rings is 2. The molecule has 0 unspecified atom stereocenters. The lowest BCUT2D eigenvalue weighted by atomic mass is 10.0. The fourth-order valence-corrected chi connectivity index (χ4v) is 2.39. The molecule has 0 aromatic heterocycles. The molecule has 0 aliphatic heterocycles. The first-order valence-electron chi connectivity index (χ1n) is 6.04. The van der Waals surface area contributed by atoms with Gasteiger partial charge in [0.1, 0.15) is 0 Å². The highest BCUT2D eigenvalue weighted by molar-refractivity contribution is 9.10. The summed E-state index contributed by atoms with van der Waals surface area (Å²) in [5.74, 6) is -1.37. The topological polar surface area (TPSA) is 66.4 Å². The predicted octanol–water partition coefficient (Wildman–Crippen LogP) is 3.98. The third kappa shape index (κ3) is 3.83. The molecule has 2 N–H and O–H groups in total. The van der Waals surface area contributed by atoms with Crippen molar-refractivity contribution in [2.75, 3.05) is 5.32 Å². The number of aromatic carboxylic acids is 1. The summed E-state index contributed by atoms with van der Waals surface area (Å²) in [6, 6.07) is 11.5. The number of hydrogen-bond donors (Lipinski definition) is 2. The van der Waals surface area contributed by atoms with Crippen LogP contribution in [-0.4, -0.2) is 17.0 Å². The highest BCUT2D eigenvalue weighted by Gasteiger charge is 2.13. The maximum absolute atomic E-state index is 12.1. The second kappa shape index (κ2) is 6.74. The van der Waals surface area contributed by atoms with Gasteiger partial charge in [-0.05, 0) is 39.7 Å². The minimum absolute atomic E-state index is 0.0264. The molecule has 0 saturated heterocycles. The van der Waals surface area contributed by atoms with Crippen LogP contribution >= 0.6 is 27.5 Å². The SMILES string of the molecule is O=C(Cc1ccccc1C(=O)O)Nc1cccc(Cl)c1Br. The summed E-state index contributed by atoms with van der Waals surface area (Å²) in [6.45, 7) is 0. The average molecular weight is 369 g/mol. The van der Waals surface area contributed by atoms with Gasteiger partial charge in [0, 0.05) is 0 Å². The summed E-state index contributed by atoms with van der Waals surface area (Å²) >= 11 is 9.24. The van der Waals surface area contributed by atoms with Crippen LogP contribution in [0.4, 0.5) is 5.69 Å². The van der Waals surface area contributed by atoms with E-state index in [2.05, 4.69) is 21.2 Å². The Labute approximate surface area is 134 Å². The van der Waals surface area contributed by atoms with Crippen molar-refractivity contribution in [2.45, 2.75) is 6.42 Å². The van der Waals surface area contributed by atoms with Gasteiger partial charge in [-0.15, -0.1) is 0 Å². The normalized spacial score (nSPS) is 10.2. The van der Waals surface area contributed by atoms with Crippen molar-refractivity contribution < 1.29 is 14.7 Å². The Kier molecular flexibility index (Phi) is 4.98. The number of rotatable bonds is 4. The molecule has 1 amide bonds. The van der Waals surface area contributed by atoms with Crippen LogP contribution in [0.25, 0.3) is 0 Å². The molecule has 0 fully saturated rings. The van der Waals surface area contributed by atoms with Gasteiger partial charge < -0.3 is 10.4 Å². The minimum atomic E-state index is -1.05. The monoisotopic (exact) mass is 367 g/mol. The second-order valence-electron chi connectivity index (χ2n) is 4.29. The van der Waals surface area contributed by atoms with E-state index in [0.29, 0.717) is 20.7 Å². The Morgan fingerprint density at radius 1 is 1.14 bits per heavy atom. The van der Waals surface area contributed by atoms with Crippen LogP contribution in [0.5, 0.6) is 0 Å². The van der Waals surface area contributed by atoms with Gasteiger partial charge >= 0.3 is 5.97 Å². The summed E-state index contributed by atoms with van der Waals surface area (Å²) in [7, 11) is 0. The van der Waals surface area contributed by atoms with Crippen molar-refractivity contribution in [1.29, 1.82) is 0 Å². The van der Waals surface area contributed by atoms with E-state index in [-0.39, 0.29) is 17.9 Å². The highest BCUT2D eigenvalue weighted by Crippen LogP contribution is 2.30. The molecule has 0 spiro atoms. The zero-order valence-electron chi connectivity index (χ0n) is 10.8. The molecule has 0 radical (unpaired) electrons. The van der Waals surface area contributed by atoms with Gasteiger partial charge in [-0.25, -0.2) is 4.79 Å². The van der Waals surface area contributed by atoms with Gasteiger partial charge in [0.2, 0.25) is 5.91 Å². The summed E-state index contributed by atoms with van der Waals surface area (Å²) in [6.07, 6.45) is -0.0264. The zero-order valence-corrected chi connectivity index (χ0v) is 13.1. The first-order chi connectivity index (χ1) is 9.99. The quantitative estimate of drug-likeness (QED) is 0.858. The summed E-state index contributed by atoms with van der Waals surface area (Å²) in [4.78, 5) is 23.2. The van der Waals surface area contributed by atoms with E-state index in [9.17, 15) is 9.59 Å². The Bertz CT molecular complexity index is 703. The van der Waals surface area contributed by atoms with Gasteiger partial charge in [-0.1, -0.05) is 35.9 Å². The standard InChI is InChI=1S/C15H11BrClNO3/c16-14-11(17)6-3-7-12(14)18-13(19)8-9-4-1-2-5-10(9)15(20)21/h1-7H,8H2,(H,18,19)(H,20,21). The number of nitrogens with one attached hydrogen (secondary N) is 1. The molecule has 0 saturated carbocycles. The van der Waals surface area contributed by atoms with Crippen LogP contribution < -0.4 is 5.32 Å². The summed E-state index contributed by atoms with van der Waals surface area (Å²) < 4.78 is 0.589. The summed E-state index contributed by atoms with van der Waals surface area (Å²) in [5, 5.41) is 12.3. The van der Waals surface area contributed by atoms with Crippen molar-refractivity contribution in [3.05, 3.63) is 63.1 Å².